The van der Waals surface area contributed by atoms with Crippen LogP contribution in [0.1, 0.15) is 0 Å². The maximum absolute atomic E-state index is 0. The first-order valence-corrected chi connectivity index (χ1v) is 0. The molecule has 6 heavy (non-hydrogen) atoms. The molecule has 0 atom stereocenters. The van der Waals surface area contributed by atoms with Crippen molar-refractivity contribution in [1.82, 2.24) is 0 Å². The predicted octanol–water partition coefficient (Wildman–Crippen LogP) is -4.12. The molecule has 0 aliphatic heterocycles. The van der Waals surface area contributed by atoms with Gasteiger partial charge in [-0.05, 0) is 0 Å². The third-order valence-corrected chi connectivity index (χ3v) is 0. The smallest absolute Gasteiger partial charge is 0 e. The molecule has 0 radical (unpaired) electrons. The minimum Gasteiger partial charge on any atom is -0.412 e. The first kappa shape index (κ1) is 323. The summed E-state index contributed by atoms with van der Waals surface area (Å²) in [5.41, 5.74) is 0. The van der Waals surface area contributed by atoms with Crippen LogP contribution in [-0.2, 0) is 0 Å². The number of rotatable bonds is 0. The van der Waals surface area contributed by atoms with Gasteiger partial charge in [-0.2, -0.15) is 0 Å². The van der Waals surface area contributed by atoms with Gasteiger partial charge in [0.1, 0.15) is 0 Å². The molecule has 0 unspecified atom stereocenters. The zero-order chi connectivity index (χ0) is 0. The van der Waals surface area contributed by atoms with Crippen molar-refractivity contribution in [2.45, 2.75) is 0 Å². The Morgan fingerprint density at radius 2 is 0.333 bits per heavy atom. The Hall–Kier alpha value is 0.852. The maximum atomic E-state index is 0. The van der Waals surface area contributed by atoms with E-state index >= 15 is 0 Å². The van der Waals surface area contributed by atoms with Gasteiger partial charge in [0, 0.05) is 31.1 Å². The van der Waals surface area contributed by atoms with Crippen LogP contribution in [0, 0.1) is 31.1 Å². The molecule has 0 heterocycles. The van der Waals surface area contributed by atoms with Gasteiger partial charge in [0.2, 0.25) is 0 Å². The van der Waals surface area contributed by atoms with Crippen molar-refractivity contribution in [2.24, 2.45) is 0 Å². The molecule has 10 N–H and O–H groups in total. The minimum absolute atomic E-state index is 0. The molecule has 5 nitrogen and oxygen atoms in total. The zero-order valence-corrected chi connectivity index (χ0v) is 7.16. The Balaban J connectivity index is 0. The van der Waals surface area contributed by atoms with Crippen LogP contribution in [0.25, 0.3) is 0 Å². The van der Waals surface area contributed by atoms with E-state index in [1.54, 1.807) is 0 Å². The Morgan fingerprint density at radius 1 is 0.333 bits per heavy atom. The van der Waals surface area contributed by atoms with Crippen molar-refractivity contribution >= 4 is 0 Å². The minimum atomic E-state index is 0. The standard InChI is InChI=1S/5H2O.U/h5*1H2;. The van der Waals surface area contributed by atoms with Crippen LogP contribution >= 0.6 is 0 Å². The van der Waals surface area contributed by atoms with E-state index in [1.165, 1.54) is 0 Å². The van der Waals surface area contributed by atoms with Gasteiger partial charge in [-0.1, -0.05) is 0 Å². The largest absolute Gasteiger partial charge is 0.412 e. The molecule has 0 aliphatic rings. The summed E-state index contributed by atoms with van der Waals surface area (Å²) in [7, 11) is 0. The van der Waals surface area contributed by atoms with E-state index in [-0.39, 0.29) is 58.5 Å². The Bertz CT molecular complexity index is 3.90. The quantitative estimate of drug-likeness (QED) is 0.423. The SMILES string of the molecule is O.O.O.O.O.[U]. The third kappa shape index (κ3) is 99.2. The fourth-order valence-electron chi connectivity index (χ4n) is 0. The molecule has 0 aromatic heterocycles. The van der Waals surface area contributed by atoms with Crippen LogP contribution in [-0.4, -0.2) is 27.4 Å². The molecule has 0 rings (SSSR count). The predicted molar refractivity (Wildman–Crippen MR) is 18.1 cm³/mol. The Kier molecular flexibility index (Phi) is 10200. The van der Waals surface area contributed by atoms with E-state index in [1.807, 2.05) is 0 Å². The number of hydrogen-bond donors (Lipinski definition) is 0. The molecule has 44 valence electrons. The van der Waals surface area contributed by atoms with E-state index in [0.29, 0.717) is 0 Å². The maximum Gasteiger partial charge on any atom is 0 e. The second-order valence-corrected chi connectivity index (χ2v) is 0. The number of hydrogen-bond acceptors (Lipinski definition) is 0. The van der Waals surface area contributed by atoms with Gasteiger partial charge in [-0.15, -0.1) is 0 Å². The summed E-state index contributed by atoms with van der Waals surface area (Å²) in [6.45, 7) is 0. The molecule has 0 aliphatic carbocycles. The molecule has 0 saturated heterocycles. The van der Waals surface area contributed by atoms with E-state index in [2.05, 4.69) is 0 Å². The molecular formula is H10O5U. The first-order chi connectivity index (χ1) is 0. The normalized spacial score (nSPS) is 0. The van der Waals surface area contributed by atoms with E-state index in [9.17, 15) is 0 Å². The fourth-order valence-corrected chi connectivity index (χ4v) is 0. The van der Waals surface area contributed by atoms with Gasteiger partial charge >= 0.3 is 0 Å². The average Bonchev–Trinajstić information content (AvgIpc) is 0. The van der Waals surface area contributed by atoms with E-state index in [0.717, 1.165) is 0 Å². The van der Waals surface area contributed by atoms with Crippen LogP contribution in [0.5, 0.6) is 0 Å². The summed E-state index contributed by atoms with van der Waals surface area (Å²) >= 11 is 0. The second-order valence-electron chi connectivity index (χ2n) is 0. The van der Waals surface area contributed by atoms with Crippen molar-refractivity contribution in [1.29, 1.82) is 0 Å². The van der Waals surface area contributed by atoms with Gasteiger partial charge < -0.3 is 27.4 Å². The fraction of sp³-hybridized carbons (Fsp3) is 0. The van der Waals surface area contributed by atoms with E-state index in [4.69, 9.17) is 0 Å². The molecular weight excluding hydrogens is 318 g/mol. The van der Waals surface area contributed by atoms with Crippen LogP contribution in [0.4, 0.5) is 0 Å². The van der Waals surface area contributed by atoms with Crippen LogP contribution in [0.3, 0.4) is 0 Å². The van der Waals surface area contributed by atoms with Gasteiger partial charge in [0.05, 0.1) is 0 Å². The summed E-state index contributed by atoms with van der Waals surface area (Å²) in [5.74, 6) is 0. The summed E-state index contributed by atoms with van der Waals surface area (Å²) in [6, 6.07) is 0. The van der Waals surface area contributed by atoms with Crippen molar-refractivity contribution in [3.8, 4) is 0 Å². The molecule has 0 aromatic rings. The van der Waals surface area contributed by atoms with E-state index < -0.39 is 0 Å². The average molecular weight is 328 g/mol. The second kappa shape index (κ2) is 190. The summed E-state index contributed by atoms with van der Waals surface area (Å²) in [6.07, 6.45) is 0. The van der Waals surface area contributed by atoms with Gasteiger partial charge in [-0.25, -0.2) is 0 Å². The van der Waals surface area contributed by atoms with Crippen molar-refractivity contribution in [3.63, 3.8) is 0 Å². The Labute approximate surface area is 58.7 Å². The molecule has 0 bridgehead atoms. The monoisotopic (exact) mass is 328 g/mol. The zero-order valence-electron chi connectivity index (χ0n) is 3.00. The van der Waals surface area contributed by atoms with Crippen LogP contribution < -0.4 is 0 Å². The summed E-state index contributed by atoms with van der Waals surface area (Å²) < 4.78 is 0. The van der Waals surface area contributed by atoms with Gasteiger partial charge in [0.25, 0.3) is 0 Å². The summed E-state index contributed by atoms with van der Waals surface area (Å²) in [5, 5.41) is 0. The molecule has 0 fully saturated rings. The molecule has 0 saturated carbocycles. The molecule has 0 amide bonds. The van der Waals surface area contributed by atoms with Crippen LogP contribution in [0.15, 0.2) is 0 Å². The molecule has 6 heteroatoms. The van der Waals surface area contributed by atoms with Crippen molar-refractivity contribution < 1.29 is 58.5 Å². The summed E-state index contributed by atoms with van der Waals surface area (Å²) in [4.78, 5) is 0. The Morgan fingerprint density at radius 3 is 0.333 bits per heavy atom. The topological polar surface area (TPSA) is 158 Å². The van der Waals surface area contributed by atoms with Gasteiger partial charge in [0.15, 0.2) is 0 Å². The van der Waals surface area contributed by atoms with Crippen molar-refractivity contribution in [3.05, 3.63) is 0 Å². The first-order valence-electron chi connectivity index (χ1n) is 0. The van der Waals surface area contributed by atoms with Gasteiger partial charge in [-0.3, -0.25) is 0 Å². The molecule has 0 aromatic carbocycles. The third-order valence-electron chi connectivity index (χ3n) is 0. The van der Waals surface area contributed by atoms with Crippen molar-refractivity contribution in [2.75, 3.05) is 0 Å². The molecule has 0 spiro atoms. The van der Waals surface area contributed by atoms with Crippen LogP contribution in [0.2, 0.25) is 0 Å².